The molecule has 0 spiro atoms. The van der Waals surface area contributed by atoms with Crippen LogP contribution in [0.4, 0.5) is 0 Å². The molecule has 0 aromatic carbocycles. The molecule has 1 saturated heterocycles. The van der Waals surface area contributed by atoms with E-state index in [9.17, 15) is 0 Å². The number of guanidine groups is 1. The highest BCUT2D eigenvalue weighted by Gasteiger charge is 2.33. The van der Waals surface area contributed by atoms with E-state index in [2.05, 4.69) is 22.5 Å². The second-order valence-corrected chi connectivity index (χ2v) is 7.54. The molecular weight excluding hydrogens is 457 g/mol. The number of nitrogens with zero attached hydrogens (tertiary/aromatic N) is 1. The first kappa shape index (κ1) is 24.9. The zero-order chi connectivity index (χ0) is 18.5. The number of halogens is 1. The molecule has 6 nitrogen and oxygen atoms in total. The smallest absolute Gasteiger partial charge is 0.190 e. The molecule has 2 rings (SSSR count). The van der Waals surface area contributed by atoms with Crippen LogP contribution >= 0.6 is 24.0 Å². The van der Waals surface area contributed by atoms with Crippen LogP contribution in [0, 0.1) is 5.41 Å². The molecule has 0 aromatic rings. The van der Waals surface area contributed by atoms with Gasteiger partial charge in [0.1, 0.15) is 0 Å². The van der Waals surface area contributed by atoms with Crippen molar-refractivity contribution in [2.75, 3.05) is 53.2 Å². The molecule has 0 unspecified atom stereocenters. The third-order valence-electron chi connectivity index (χ3n) is 5.63. The van der Waals surface area contributed by atoms with E-state index in [4.69, 9.17) is 14.2 Å². The Morgan fingerprint density at radius 3 is 2.56 bits per heavy atom. The van der Waals surface area contributed by atoms with Gasteiger partial charge >= 0.3 is 0 Å². The highest BCUT2D eigenvalue weighted by Crippen LogP contribution is 2.40. The van der Waals surface area contributed by atoms with Gasteiger partial charge in [0.05, 0.1) is 6.10 Å². The van der Waals surface area contributed by atoms with Crippen molar-refractivity contribution in [3.63, 3.8) is 0 Å². The maximum Gasteiger partial charge on any atom is 0.190 e. The minimum absolute atomic E-state index is 0. The maximum absolute atomic E-state index is 5.92. The van der Waals surface area contributed by atoms with Gasteiger partial charge in [0.2, 0.25) is 0 Å². The van der Waals surface area contributed by atoms with Crippen LogP contribution in [0.1, 0.15) is 58.3 Å². The van der Waals surface area contributed by atoms with Crippen molar-refractivity contribution in [2.24, 2.45) is 10.4 Å². The number of nitrogens with one attached hydrogen (secondary N) is 2. The Bertz CT molecular complexity index is 398. The van der Waals surface area contributed by atoms with Gasteiger partial charge in [-0.3, -0.25) is 4.99 Å². The largest absolute Gasteiger partial charge is 0.382 e. The van der Waals surface area contributed by atoms with Crippen molar-refractivity contribution in [1.82, 2.24) is 10.6 Å². The summed E-state index contributed by atoms with van der Waals surface area (Å²) in [5, 5.41) is 6.96. The van der Waals surface area contributed by atoms with E-state index in [1.165, 1.54) is 25.7 Å². The summed E-state index contributed by atoms with van der Waals surface area (Å²) in [4.78, 5) is 4.37. The average molecular weight is 497 g/mol. The van der Waals surface area contributed by atoms with Gasteiger partial charge < -0.3 is 24.8 Å². The molecule has 1 aliphatic carbocycles. The van der Waals surface area contributed by atoms with Crippen LogP contribution in [0.3, 0.4) is 0 Å². The third-order valence-corrected chi connectivity index (χ3v) is 5.63. The Balaban J connectivity index is 0.00000364. The normalized spacial score (nSPS) is 20.3. The van der Waals surface area contributed by atoms with E-state index in [1.54, 1.807) is 0 Å². The van der Waals surface area contributed by atoms with E-state index < -0.39 is 0 Å². The first-order valence-electron chi connectivity index (χ1n) is 10.5. The molecule has 1 aliphatic heterocycles. The lowest BCUT2D eigenvalue weighted by molar-refractivity contribution is -0.0320. The van der Waals surface area contributed by atoms with E-state index in [0.29, 0.717) is 11.5 Å². The molecule has 0 amide bonds. The van der Waals surface area contributed by atoms with Crippen LogP contribution in [-0.4, -0.2) is 65.2 Å². The van der Waals surface area contributed by atoms with Crippen LogP contribution in [0.5, 0.6) is 0 Å². The zero-order valence-electron chi connectivity index (χ0n) is 17.3. The van der Waals surface area contributed by atoms with Crippen LogP contribution in [-0.2, 0) is 14.2 Å². The Labute approximate surface area is 182 Å². The molecule has 160 valence electrons. The topological polar surface area (TPSA) is 64.1 Å². The summed E-state index contributed by atoms with van der Waals surface area (Å²) in [6.45, 7) is 8.09. The lowest BCUT2D eigenvalue weighted by atomic mass is 9.83. The molecule has 2 N–H and O–H groups in total. The van der Waals surface area contributed by atoms with Gasteiger partial charge in [0.25, 0.3) is 0 Å². The molecule has 1 heterocycles. The summed E-state index contributed by atoms with van der Waals surface area (Å²) in [7, 11) is 1.84. The van der Waals surface area contributed by atoms with Gasteiger partial charge in [0, 0.05) is 53.2 Å². The van der Waals surface area contributed by atoms with E-state index in [1.807, 2.05) is 7.05 Å². The van der Waals surface area contributed by atoms with Crippen molar-refractivity contribution in [3.05, 3.63) is 0 Å². The Kier molecular flexibility index (Phi) is 13.7. The predicted molar refractivity (Wildman–Crippen MR) is 121 cm³/mol. The standard InChI is InChI=1S/C20H39N3O3.HI/c1-3-24-16-11-20(9-4-5-10-20)17-23-19(21-2)22-12-6-13-26-18-7-14-25-15-8-18;/h18H,3-17H2,1-2H3,(H2,21,22,23);1H. The first-order chi connectivity index (χ1) is 12.8. The summed E-state index contributed by atoms with van der Waals surface area (Å²) >= 11 is 0. The van der Waals surface area contributed by atoms with E-state index in [-0.39, 0.29) is 24.0 Å². The van der Waals surface area contributed by atoms with Gasteiger partial charge in [-0.15, -0.1) is 24.0 Å². The highest BCUT2D eigenvalue weighted by molar-refractivity contribution is 14.0. The van der Waals surface area contributed by atoms with Crippen molar-refractivity contribution >= 4 is 29.9 Å². The van der Waals surface area contributed by atoms with Crippen LogP contribution < -0.4 is 10.6 Å². The molecule has 7 heteroatoms. The number of hydrogen-bond donors (Lipinski definition) is 2. The van der Waals surface area contributed by atoms with Gasteiger partial charge in [0.15, 0.2) is 5.96 Å². The Morgan fingerprint density at radius 1 is 1.15 bits per heavy atom. The summed E-state index contributed by atoms with van der Waals surface area (Å²) in [6.07, 6.45) is 9.84. The molecule has 0 atom stereocenters. The summed E-state index contributed by atoms with van der Waals surface area (Å²) in [6, 6.07) is 0. The Morgan fingerprint density at radius 2 is 1.89 bits per heavy atom. The van der Waals surface area contributed by atoms with Crippen molar-refractivity contribution in [1.29, 1.82) is 0 Å². The lowest BCUT2D eigenvalue weighted by Gasteiger charge is -2.30. The van der Waals surface area contributed by atoms with Gasteiger partial charge in [-0.25, -0.2) is 0 Å². The summed E-state index contributed by atoms with van der Waals surface area (Å²) in [5.74, 6) is 0.902. The highest BCUT2D eigenvalue weighted by atomic mass is 127. The van der Waals surface area contributed by atoms with Crippen molar-refractivity contribution in [2.45, 2.75) is 64.4 Å². The number of aliphatic imine (C=N–C) groups is 1. The fourth-order valence-corrected chi connectivity index (χ4v) is 3.94. The molecule has 27 heavy (non-hydrogen) atoms. The molecule has 0 aromatic heterocycles. The van der Waals surface area contributed by atoms with Gasteiger partial charge in [-0.1, -0.05) is 12.8 Å². The SMILES string of the molecule is CCOCCC1(CNC(=NC)NCCCOC2CCOCC2)CCCC1.I. The monoisotopic (exact) mass is 497 g/mol. The second kappa shape index (κ2) is 14.8. The lowest BCUT2D eigenvalue weighted by Crippen LogP contribution is -2.43. The number of hydrogen-bond acceptors (Lipinski definition) is 4. The number of ether oxygens (including phenoxy) is 3. The molecule has 0 radical (unpaired) electrons. The minimum atomic E-state index is 0. The summed E-state index contributed by atoms with van der Waals surface area (Å²) in [5.41, 5.74) is 0.374. The Hall–Kier alpha value is -0.120. The van der Waals surface area contributed by atoms with Gasteiger partial charge in [-0.2, -0.15) is 0 Å². The number of rotatable bonds is 11. The molecule has 2 fully saturated rings. The first-order valence-corrected chi connectivity index (χ1v) is 10.5. The van der Waals surface area contributed by atoms with Crippen molar-refractivity contribution < 1.29 is 14.2 Å². The maximum atomic E-state index is 5.92. The van der Waals surface area contributed by atoms with E-state index in [0.717, 1.165) is 77.8 Å². The third kappa shape index (κ3) is 9.76. The molecule has 2 aliphatic rings. The fraction of sp³-hybridized carbons (Fsp3) is 0.950. The average Bonchev–Trinajstić information content (AvgIpc) is 3.14. The van der Waals surface area contributed by atoms with Crippen molar-refractivity contribution in [3.8, 4) is 0 Å². The van der Waals surface area contributed by atoms with Crippen LogP contribution in [0.2, 0.25) is 0 Å². The fourth-order valence-electron chi connectivity index (χ4n) is 3.94. The van der Waals surface area contributed by atoms with E-state index >= 15 is 0 Å². The van der Waals surface area contributed by atoms with Gasteiger partial charge in [-0.05, 0) is 50.9 Å². The predicted octanol–water partition coefficient (Wildman–Crippen LogP) is 3.34. The minimum Gasteiger partial charge on any atom is -0.382 e. The van der Waals surface area contributed by atoms with Crippen LogP contribution in [0.25, 0.3) is 0 Å². The quantitative estimate of drug-likeness (QED) is 0.199. The summed E-state index contributed by atoms with van der Waals surface area (Å²) < 4.78 is 16.9. The van der Waals surface area contributed by atoms with Crippen LogP contribution in [0.15, 0.2) is 4.99 Å². The second-order valence-electron chi connectivity index (χ2n) is 7.54. The molecule has 1 saturated carbocycles. The molecular formula is C20H40IN3O3. The molecule has 0 bridgehead atoms. The zero-order valence-corrected chi connectivity index (χ0v) is 19.6.